The van der Waals surface area contributed by atoms with Gasteiger partial charge in [0.05, 0.1) is 12.3 Å². The van der Waals surface area contributed by atoms with Crippen LogP contribution in [0.3, 0.4) is 0 Å². The SMILES string of the molecule is CCC(C#N)S(=O)(=O)Nc1ccnn1C(C)C. The maximum atomic E-state index is 11.9. The molecule has 0 saturated carbocycles. The van der Waals surface area contributed by atoms with E-state index < -0.39 is 15.3 Å². The van der Waals surface area contributed by atoms with Crippen LogP contribution in [-0.4, -0.2) is 23.4 Å². The van der Waals surface area contributed by atoms with Crippen molar-refractivity contribution in [3.63, 3.8) is 0 Å². The molecule has 0 radical (unpaired) electrons. The number of nitriles is 1. The largest absolute Gasteiger partial charge is 0.266 e. The van der Waals surface area contributed by atoms with Gasteiger partial charge in [0, 0.05) is 12.1 Å². The molecule has 0 amide bonds. The van der Waals surface area contributed by atoms with Crippen molar-refractivity contribution in [2.24, 2.45) is 0 Å². The van der Waals surface area contributed by atoms with Crippen LogP contribution in [0.5, 0.6) is 0 Å². The topological polar surface area (TPSA) is 87.8 Å². The van der Waals surface area contributed by atoms with E-state index in [1.54, 1.807) is 23.7 Å². The summed E-state index contributed by atoms with van der Waals surface area (Å²) in [6.45, 7) is 5.45. The van der Waals surface area contributed by atoms with Gasteiger partial charge in [0.2, 0.25) is 10.0 Å². The molecule has 1 unspecified atom stereocenters. The molecule has 1 N–H and O–H groups in total. The summed E-state index contributed by atoms with van der Waals surface area (Å²) in [4.78, 5) is 0. The van der Waals surface area contributed by atoms with E-state index in [1.165, 1.54) is 6.20 Å². The monoisotopic (exact) mass is 256 g/mol. The highest BCUT2D eigenvalue weighted by Crippen LogP contribution is 2.16. The summed E-state index contributed by atoms with van der Waals surface area (Å²) in [5, 5.41) is 11.8. The van der Waals surface area contributed by atoms with Crippen molar-refractivity contribution < 1.29 is 8.42 Å². The lowest BCUT2D eigenvalue weighted by Crippen LogP contribution is -2.27. The van der Waals surface area contributed by atoms with Crippen LogP contribution in [-0.2, 0) is 10.0 Å². The van der Waals surface area contributed by atoms with Gasteiger partial charge in [-0.15, -0.1) is 0 Å². The first kappa shape index (κ1) is 13.5. The normalized spacial score (nSPS) is 13.4. The van der Waals surface area contributed by atoms with Crippen molar-refractivity contribution in [1.82, 2.24) is 9.78 Å². The fraction of sp³-hybridized carbons (Fsp3) is 0.600. The van der Waals surface area contributed by atoms with E-state index in [-0.39, 0.29) is 12.5 Å². The number of nitrogens with zero attached hydrogens (tertiary/aromatic N) is 3. The molecular weight excluding hydrogens is 240 g/mol. The summed E-state index contributed by atoms with van der Waals surface area (Å²) in [6, 6.07) is 3.39. The minimum Gasteiger partial charge on any atom is -0.266 e. The second-order valence-corrected chi connectivity index (χ2v) is 5.79. The zero-order chi connectivity index (χ0) is 13.1. The van der Waals surface area contributed by atoms with Crippen LogP contribution in [0.15, 0.2) is 12.3 Å². The molecule has 0 fully saturated rings. The Labute approximate surface area is 101 Å². The second-order valence-electron chi connectivity index (χ2n) is 3.93. The number of aromatic nitrogens is 2. The van der Waals surface area contributed by atoms with Crippen LogP contribution in [0.4, 0.5) is 5.82 Å². The maximum Gasteiger partial charge on any atom is 0.250 e. The van der Waals surface area contributed by atoms with Crippen LogP contribution >= 0.6 is 0 Å². The van der Waals surface area contributed by atoms with Crippen molar-refractivity contribution in [3.8, 4) is 6.07 Å². The Balaban J connectivity index is 2.99. The summed E-state index contributed by atoms with van der Waals surface area (Å²) in [7, 11) is -3.67. The Morgan fingerprint density at radius 2 is 2.24 bits per heavy atom. The van der Waals surface area contributed by atoms with Crippen molar-refractivity contribution >= 4 is 15.8 Å². The molecule has 0 aliphatic rings. The van der Waals surface area contributed by atoms with E-state index in [4.69, 9.17) is 5.26 Å². The van der Waals surface area contributed by atoms with E-state index in [0.717, 1.165) is 0 Å². The number of hydrogen-bond donors (Lipinski definition) is 1. The van der Waals surface area contributed by atoms with E-state index in [2.05, 4.69) is 9.82 Å². The van der Waals surface area contributed by atoms with Crippen LogP contribution in [0, 0.1) is 11.3 Å². The zero-order valence-corrected chi connectivity index (χ0v) is 10.9. The first-order valence-electron chi connectivity index (χ1n) is 5.37. The first-order valence-corrected chi connectivity index (χ1v) is 6.91. The van der Waals surface area contributed by atoms with Crippen molar-refractivity contribution in [2.45, 2.75) is 38.5 Å². The molecular formula is C10H16N4O2S. The molecule has 94 valence electrons. The fourth-order valence-corrected chi connectivity index (χ4v) is 2.58. The predicted molar refractivity (Wildman–Crippen MR) is 64.8 cm³/mol. The summed E-state index contributed by atoms with van der Waals surface area (Å²) >= 11 is 0. The summed E-state index contributed by atoms with van der Waals surface area (Å²) in [5.41, 5.74) is 0. The minimum absolute atomic E-state index is 0.0462. The number of hydrogen-bond acceptors (Lipinski definition) is 4. The Kier molecular flexibility index (Phi) is 4.12. The van der Waals surface area contributed by atoms with E-state index in [9.17, 15) is 8.42 Å². The quantitative estimate of drug-likeness (QED) is 0.864. The van der Waals surface area contributed by atoms with Crippen LogP contribution in [0.25, 0.3) is 0 Å². The molecule has 0 aliphatic heterocycles. The van der Waals surface area contributed by atoms with E-state index in [0.29, 0.717) is 5.82 Å². The van der Waals surface area contributed by atoms with E-state index in [1.807, 2.05) is 13.8 Å². The maximum absolute atomic E-state index is 11.9. The average Bonchev–Trinajstić information content (AvgIpc) is 2.66. The third-order valence-electron chi connectivity index (χ3n) is 2.30. The molecule has 1 atom stereocenters. The van der Waals surface area contributed by atoms with Crippen molar-refractivity contribution in [1.29, 1.82) is 5.26 Å². The molecule has 1 rings (SSSR count). The Morgan fingerprint density at radius 1 is 1.59 bits per heavy atom. The smallest absolute Gasteiger partial charge is 0.250 e. The molecule has 1 heterocycles. The fourth-order valence-electron chi connectivity index (χ4n) is 1.40. The molecule has 0 aromatic carbocycles. The predicted octanol–water partition coefficient (Wildman–Crippen LogP) is 1.51. The molecule has 0 bridgehead atoms. The average molecular weight is 256 g/mol. The van der Waals surface area contributed by atoms with Gasteiger partial charge in [0.15, 0.2) is 5.25 Å². The molecule has 0 saturated heterocycles. The summed E-state index contributed by atoms with van der Waals surface area (Å²) < 4.78 is 27.7. The standard InChI is InChI=1S/C10H16N4O2S/c1-4-9(7-11)17(15,16)13-10-5-6-12-14(10)8(2)3/h5-6,8-9,13H,4H2,1-3H3. The molecule has 6 nitrogen and oxygen atoms in total. The van der Waals surface area contributed by atoms with Gasteiger partial charge in [0.1, 0.15) is 5.82 Å². The van der Waals surface area contributed by atoms with Crippen molar-refractivity contribution in [3.05, 3.63) is 12.3 Å². The summed E-state index contributed by atoms with van der Waals surface area (Å²) in [6.07, 6.45) is 1.77. The van der Waals surface area contributed by atoms with Crippen molar-refractivity contribution in [2.75, 3.05) is 4.72 Å². The van der Waals surface area contributed by atoms with Crippen LogP contribution < -0.4 is 4.72 Å². The Bertz CT molecular complexity index is 513. The second kappa shape index (κ2) is 5.19. The van der Waals surface area contributed by atoms with Crippen LogP contribution in [0.2, 0.25) is 0 Å². The molecule has 7 heteroatoms. The van der Waals surface area contributed by atoms with Gasteiger partial charge < -0.3 is 0 Å². The van der Waals surface area contributed by atoms with Crippen LogP contribution in [0.1, 0.15) is 33.2 Å². The number of rotatable bonds is 5. The Morgan fingerprint density at radius 3 is 2.71 bits per heavy atom. The van der Waals surface area contributed by atoms with Gasteiger partial charge in [-0.3, -0.25) is 4.72 Å². The highest BCUT2D eigenvalue weighted by molar-refractivity contribution is 7.93. The third-order valence-corrected chi connectivity index (χ3v) is 3.98. The number of anilines is 1. The van der Waals surface area contributed by atoms with Gasteiger partial charge in [-0.25, -0.2) is 13.1 Å². The van der Waals surface area contributed by atoms with Gasteiger partial charge in [-0.05, 0) is 20.3 Å². The molecule has 0 spiro atoms. The summed E-state index contributed by atoms with van der Waals surface area (Å²) in [5.74, 6) is 0.383. The van der Waals surface area contributed by atoms with Gasteiger partial charge >= 0.3 is 0 Å². The molecule has 17 heavy (non-hydrogen) atoms. The highest BCUT2D eigenvalue weighted by Gasteiger charge is 2.24. The number of nitrogens with one attached hydrogen (secondary N) is 1. The molecule has 0 aliphatic carbocycles. The minimum atomic E-state index is -3.67. The van der Waals surface area contributed by atoms with Gasteiger partial charge in [-0.1, -0.05) is 6.92 Å². The highest BCUT2D eigenvalue weighted by atomic mass is 32.2. The van der Waals surface area contributed by atoms with Gasteiger partial charge in [-0.2, -0.15) is 10.4 Å². The molecule has 1 aromatic rings. The Hall–Kier alpha value is -1.55. The third kappa shape index (κ3) is 2.97. The molecule has 1 aromatic heterocycles. The number of sulfonamides is 1. The lowest BCUT2D eigenvalue weighted by atomic mass is 10.4. The lowest BCUT2D eigenvalue weighted by Gasteiger charge is -2.14. The zero-order valence-electron chi connectivity index (χ0n) is 10.1. The van der Waals surface area contributed by atoms with Gasteiger partial charge in [0.25, 0.3) is 0 Å². The lowest BCUT2D eigenvalue weighted by molar-refractivity contribution is 0.538. The van der Waals surface area contributed by atoms with E-state index >= 15 is 0 Å². The first-order chi connectivity index (χ1) is 7.92.